The largest absolute Gasteiger partial charge is 0.393 e. The van der Waals surface area contributed by atoms with Gasteiger partial charge in [-0.25, -0.2) is 4.39 Å². The number of Topliss-reactive ketones (excluding diaryl/α,β-unsaturated/α-hetero) is 1. The van der Waals surface area contributed by atoms with Crippen LogP contribution in [0, 0.1) is 39.9 Å². The minimum absolute atomic E-state index is 0.0179. The van der Waals surface area contributed by atoms with Crippen molar-refractivity contribution >= 4 is 21.7 Å². The number of aliphatic hydroxyl groups is 1. The Labute approximate surface area is 172 Å². The Morgan fingerprint density at radius 1 is 1.07 bits per heavy atom. The molecule has 0 amide bonds. The van der Waals surface area contributed by atoms with Crippen molar-refractivity contribution in [2.45, 2.75) is 96.2 Å². The molecule has 27 heavy (non-hydrogen) atoms. The van der Waals surface area contributed by atoms with E-state index in [0.29, 0.717) is 42.3 Å². The third kappa shape index (κ3) is 2.29. The molecule has 4 aliphatic carbocycles. The molecule has 0 heterocycles. The highest BCUT2D eigenvalue weighted by atomic mass is 79.9. The lowest BCUT2D eigenvalue weighted by Crippen LogP contribution is -2.65. The summed E-state index contributed by atoms with van der Waals surface area (Å²) in [7, 11) is 0. The van der Waals surface area contributed by atoms with E-state index in [4.69, 9.17) is 0 Å². The van der Waals surface area contributed by atoms with Crippen molar-refractivity contribution in [2.24, 2.45) is 39.9 Å². The van der Waals surface area contributed by atoms with E-state index in [-0.39, 0.29) is 16.2 Å². The van der Waals surface area contributed by atoms with E-state index in [1.54, 1.807) is 6.92 Å². The number of fused-ring (bicyclic) bond motifs is 5. The molecule has 2 nitrogen and oxygen atoms in total. The number of aliphatic hydroxyl groups excluding tert-OH is 1. The highest BCUT2D eigenvalue weighted by Crippen LogP contribution is 2.73. The molecule has 0 aromatic carbocycles. The zero-order valence-corrected chi connectivity index (χ0v) is 19.1. The lowest BCUT2D eigenvalue weighted by molar-refractivity contribution is -0.156. The maximum atomic E-state index is 15.7. The van der Waals surface area contributed by atoms with Crippen LogP contribution in [-0.2, 0) is 4.79 Å². The van der Waals surface area contributed by atoms with Gasteiger partial charge in [0.25, 0.3) is 0 Å². The third-order valence-electron chi connectivity index (χ3n) is 10.6. The number of halogens is 2. The van der Waals surface area contributed by atoms with Crippen LogP contribution in [0.15, 0.2) is 0 Å². The van der Waals surface area contributed by atoms with Gasteiger partial charge in [0.15, 0.2) is 0 Å². The second-order valence-electron chi connectivity index (χ2n) is 11.1. The highest BCUT2D eigenvalue weighted by Gasteiger charge is 2.70. The lowest BCUT2D eigenvalue weighted by atomic mass is 9.43. The minimum atomic E-state index is -0.930. The molecule has 0 bridgehead atoms. The molecule has 0 aromatic heterocycles. The van der Waals surface area contributed by atoms with E-state index < -0.39 is 16.6 Å². The average Bonchev–Trinajstić information content (AvgIpc) is 2.80. The zero-order chi connectivity index (χ0) is 20.0. The Morgan fingerprint density at radius 3 is 2.33 bits per heavy atom. The molecule has 1 N–H and O–H groups in total. The van der Waals surface area contributed by atoms with Crippen LogP contribution in [0.2, 0.25) is 0 Å². The van der Waals surface area contributed by atoms with Gasteiger partial charge >= 0.3 is 0 Å². The van der Waals surface area contributed by atoms with Gasteiger partial charge in [-0.2, -0.15) is 0 Å². The van der Waals surface area contributed by atoms with Gasteiger partial charge in [0.1, 0.15) is 12.0 Å². The first-order valence-corrected chi connectivity index (χ1v) is 11.7. The number of carbonyl (C=O) groups excluding carboxylic acids is 1. The summed E-state index contributed by atoms with van der Waals surface area (Å²) in [5.41, 5.74) is -0.425. The van der Waals surface area contributed by atoms with Crippen LogP contribution < -0.4 is 0 Å². The van der Waals surface area contributed by atoms with Crippen LogP contribution in [0.5, 0.6) is 0 Å². The topological polar surface area (TPSA) is 37.3 Å². The third-order valence-corrected chi connectivity index (χ3v) is 12.3. The van der Waals surface area contributed by atoms with E-state index >= 15 is 4.39 Å². The van der Waals surface area contributed by atoms with Crippen molar-refractivity contribution in [1.29, 1.82) is 0 Å². The van der Waals surface area contributed by atoms with E-state index in [9.17, 15) is 9.90 Å². The van der Waals surface area contributed by atoms with E-state index in [0.717, 1.165) is 32.1 Å². The van der Waals surface area contributed by atoms with Crippen molar-refractivity contribution in [3.05, 3.63) is 0 Å². The normalized spacial score (nSPS) is 60.3. The summed E-state index contributed by atoms with van der Waals surface area (Å²) >= 11 is 3.85. The van der Waals surface area contributed by atoms with E-state index in [1.165, 1.54) is 0 Å². The van der Waals surface area contributed by atoms with Gasteiger partial charge < -0.3 is 5.11 Å². The van der Waals surface area contributed by atoms with Gasteiger partial charge in [-0.3, -0.25) is 4.79 Å². The van der Waals surface area contributed by atoms with Gasteiger partial charge in [-0.05, 0) is 86.4 Å². The molecule has 0 aromatic rings. The summed E-state index contributed by atoms with van der Waals surface area (Å²) in [5.74, 6) is 1.94. The molecule has 0 unspecified atom stereocenters. The molecule has 0 radical (unpaired) electrons. The summed E-state index contributed by atoms with van der Waals surface area (Å²) in [6, 6.07) is 0. The Morgan fingerprint density at radius 2 is 1.70 bits per heavy atom. The molecule has 4 fully saturated rings. The van der Waals surface area contributed by atoms with Crippen LogP contribution in [-0.4, -0.2) is 27.5 Å². The van der Waals surface area contributed by atoms with Gasteiger partial charge in [0.2, 0.25) is 0 Å². The number of hydrogen-bond donors (Lipinski definition) is 1. The summed E-state index contributed by atoms with van der Waals surface area (Å²) in [5, 5.41) is 10.3. The standard InChI is InChI=1S/C23H36BrFO2/c1-13-10-18-16-11-19(25)23(24)12-15(27)6-8-21(23,4)17(16)7-9-20(18,3)22(13,5)14(2)26/h13,15-19,27H,6-12H2,1-5H3/t13-,15-,16-,17+,18+,19-,20+,21-,22-,23+/m1/s1. The summed E-state index contributed by atoms with van der Waals surface area (Å²) in [4.78, 5) is 12.7. The highest BCUT2D eigenvalue weighted by molar-refractivity contribution is 9.10. The van der Waals surface area contributed by atoms with E-state index in [2.05, 4.69) is 43.6 Å². The fraction of sp³-hybridized carbons (Fsp3) is 0.957. The molecule has 4 saturated carbocycles. The molecular formula is C23H36BrFO2. The molecule has 10 atom stereocenters. The van der Waals surface area contributed by atoms with Crippen LogP contribution in [0.4, 0.5) is 4.39 Å². The summed E-state index contributed by atoms with van der Waals surface area (Å²) in [6.07, 6.45) is 4.66. The summed E-state index contributed by atoms with van der Waals surface area (Å²) < 4.78 is 15.1. The van der Waals surface area contributed by atoms with Crippen molar-refractivity contribution < 1.29 is 14.3 Å². The monoisotopic (exact) mass is 442 g/mol. The molecule has 154 valence electrons. The predicted octanol–water partition coefficient (Wildman–Crippen LogP) is 5.70. The quantitative estimate of drug-likeness (QED) is 0.528. The Bertz CT molecular complexity index is 654. The Kier molecular flexibility index (Phi) is 4.54. The molecule has 0 aliphatic heterocycles. The number of rotatable bonds is 1. The molecule has 4 aliphatic rings. The van der Waals surface area contributed by atoms with Crippen molar-refractivity contribution in [3.8, 4) is 0 Å². The molecule has 4 heteroatoms. The number of ketones is 1. The van der Waals surface area contributed by atoms with E-state index in [1.807, 2.05) is 0 Å². The van der Waals surface area contributed by atoms with Gasteiger partial charge in [0.05, 0.1) is 10.4 Å². The minimum Gasteiger partial charge on any atom is -0.393 e. The number of alkyl halides is 2. The average molecular weight is 443 g/mol. The number of carbonyl (C=O) groups is 1. The smallest absolute Gasteiger partial charge is 0.136 e. The van der Waals surface area contributed by atoms with Gasteiger partial charge in [-0.1, -0.05) is 43.6 Å². The van der Waals surface area contributed by atoms with Gasteiger partial charge in [-0.15, -0.1) is 0 Å². The SMILES string of the molecule is CC(=O)[C@@]1(C)[C@H](C)C[C@H]2[C@@H]3C[C@@H](F)[C@@]4(Br)C[C@H](O)CC[C@]4(C)[C@H]3CC[C@@]21C. The fourth-order valence-electron chi connectivity index (χ4n) is 8.49. The molecule has 4 rings (SSSR count). The predicted molar refractivity (Wildman–Crippen MR) is 110 cm³/mol. The Balaban J connectivity index is 1.74. The molecule has 0 spiro atoms. The van der Waals surface area contributed by atoms with Crippen molar-refractivity contribution in [1.82, 2.24) is 0 Å². The van der Waals surface area contributed by atoms with Crippen LogP contribution in [0.1, 0.15) is 79.6 Å². The summed E-state index contributed by atoms with van der Waals surface area (Å²) in [6.45, 7) is 10.8. The Hall–Kier alpha value is 0.0400. The molecular weight excluding hydrogens is 407 g/mol. The maximum absolute atomic E-state index is 15.7. The van der Waals surface area contributed by atoms with Crippen molar-refractivity contribution in [3.63, 3.8) is 0 Å². The number of hydrogen-bond acceptors (Lipinski definition) is 2. The van der Waals surface area contributed by atoms with Crippen LogP contribution in [0.3, 0.4) is 0 Å². The first-order valence-electron chi connectivity index (χ1n) is 10.9. The van der Waals surface area contributed by atoms with Crippen LogP contribution in [0.25, 0.3) is 0 Å². The van der Waals surface area contributed by atoms with Crippen LogP contribution >= 0.6 is 15.9 Å². The van der Waals surface area contributed by atoms with Gasteiger partial charge in [0, 0.05) is 5.41 Å². The second-order valence-corrected chi connectivity index (χ2v) is 12.5. The van der Waals surface area contributed by atoms with Crippen molar-refractivity contribution in [2.75, 3.05) is 0 Å². The second kappa shape index (κ2) is 6.03. The molecule has 0 saturated heterocycles. The zero-order valence-electron chi connectivity index (χ0n) is 17.5. The first-order chi connectivity index (χ1) is 12.4. The first kappa shape index (κ1) is 20.3. The maximum Gasteiger partial charge on any atom is 0.136 e. The fourth-order valence-corrected chi connectivity index (χ4v) is 9.55. The lowest BCUT2D eigenvalue weighted by Gasteiger charge is -2.65.